The molecule has 0 fully saturated rings. The lowest BCUT2D eigenvalue weighted by molar-refractivity contribution is 0.0563. The molecular weight excluding hydrogens is 358 g/mol. The number of ether oxygens (including phenoxy) is 1. The van der Waals surface area contributed by atoms with Crippen LogP contribution < -0.4 is 5.32 Å². The van der Waals surface area contributed by atoms with E-state index in [1.165, 1.54) is 35.8 Å². The molecule has 0 amide bonds. The van der Waals surface area contributed by atoms with Crippen LogP contribution in [-0.2, 0) is 16.9 Å². The van der Waals surface area contributed by atoms with Crippen molar-refractivity contribution in [2.45, 2.75) is 16.5 Å². The fraction of sp³-hybridized carbons (Fsp3) is 0.235. The van der Waals surface area contributed by atoms with Crippen molar-refractivity contribution in [3.63, 3.8) is 0 Å². The van der Waals surface area contributed by atoms with E-state index in [-0.39, 0.29) is 5.76 Å². The van der Waals surface area contributed by atoms with Gasteiger partial charge in [-0.3, -0.25) is 0 Å². The minimum atomic E-state index is -0.475. The summed E-state index contributed by atoms with van der Waals surface area (Å²) in [5, 5.41) is 12.4. The van der Waals surface area contributed by atoms with E-state index >= 15 is 0 Å². The topological polar surface area (TPSA) is 77.2 Å². The Balaban J connectivity index is 1.45. The molecule has 0 atom stereocenters. The highest BCUT2D eigenvalue weighted by molar-refractivity contribution is 8.00. The summed E-state index contributed by atoms with van der Waals surface area (Å²) in [7, 11) is 1.33. The molecule has 6 nitrogen and oxygen atoms in total. The van der Waals surface area contributed by atoms with Gasteiger partial charge in [-0.25, -0.2) is 4.79 Å². The van der Waals surface area contributed by atoms with Crippen molar-refractivity contribution in [2.75, 3.05) is 19.0 Å². The van der Waals surface area contributed by atoms with E-state index in [0.29, 0.717) is 11.5 Å². The van der Waals surface area contributed by atoms with Gasteiger partial charge in [0.1, 0.15) is 5.76 Å². The molecule has 2 aromatic heterocycles. The van der Waals surface area contributed by atoms with Crippen LogP contribution in [0.25, 0.3) is 0 Å². The number of furan rings is 1. The molecule has 25 heavy (non-hydrogen) atoms. The first-order valence-electron chi connectivity index (χ1n) is 7.66. The Morgan fingerprint density at radius 2 is 2.08 bits per heavy atom. The van der Waals surface area contributed by atoms with E-state index in [2.05, 4.69) is 32.4 Å². The summed E-state index contributed by atoms with van der Waals surface area (Å²) in [5.74, 6) is 1.00. The zero-order valence-electron chi connectivity index (χ0n) is 13.6. The van der Waals surface area contributed by atoms with Gasteiger partial charge in [-0.2, -0.15) is 0 Å². The van der Waals surface area contributed by atoms with Gasteiger partial charge in [0.05, 0.1) is 12.9 Å². The van der Waals surface area contributed by atoms with Crippen molar-refractivity contribution in [1.29, 1.82) is 0 Å². The van der Waals surface area contributed by atoms with Gasteiger partial charge >= 0.3 is 5.97 Å². The van der Waals surface area contributed by atoms with Gasteiger partial charge in [-0.15, -0.1) is 10.2 Å². The van der Waals surface area contributed by atoms with Gasteiger partial charge < -0.3 is 14.5 Å². The van der Waals surface area contributed by atoms with Gasteiger partial charge in [0.25, 0.3) is 0 Å². The maximum atomic E-state index is 11.4. The van der Waals surface area contributed by atoms with E-state index in [1.807, 2.05) is 18.2 Å². The Morgan fingerprint density at radius 3 is 2.88 bits per heavy atom. The number of nitrogens with zero attached hydrogens (tertiary/aromatic N) is 2. The van der Waals surface area contributed by atoms with Crippen LogP contribution in [0.1, 0.15) is 21.9 Å². The molecule has 130 valence electrons. The summed E-state index contributed by atoms with van der Waals surface area (Å²) < 4.78 is 10.9. The summed E-state index contributed by atoms with van der Waals surface area (Å²) in [6.07, 6.45) is 0.936. The first kappa shape index (κ1) is 17.5. The first-order valence-corrected chi connectivity index (χ1v) is 9.46. The van der Waals surface area contributed by atoms with E-state index in [9.17, 15) is 4.79 Å². The van der Waals surface area contributed by atoms with Crippen molar-refractivity contribution >= 4 is 34.2 Å². The third-order valence-electron chi connectivity index (χ3n) is 3.33. The van der Waals surface area contributed by atoms with Crippen LogP contribution in [0.3, 0.4) is 0 Å². The Hall–Kier alpha value is -2.32. The van der Waals surface area contributed by atoms with Crippen LogP contribution in [0.5, 0.6) is 0 Å². The van der Waals surface area contributed by atoms with Crippen molar-refractivity contribution in [3.05, 3.63) is 59.5 Å². The second-order valence-corrected chi connectivity index (χ2v) is 7.28. The second kappa shape index (κ2) is 8.68. The highest BCUT2D eigenvalue weighted by Crippen LogP contribution is 2.28. The molecule has 0 spiro atoms. The molecule has 1 aromatic carbocycles. The maximum Gasteiger partial charge on any atom is 0.373 e. The van der Waals surface area contributed by atoms with Gasteiger partial charge in [0, 0.05) is 6.54 Å². The molecule has 1 N–H and O–H groups in total. The lowest BCUT2D eigenvalue weighted by Gasteiger charge is -2.01. The number of hydrogen-bond acceptors (Lipinski definition) is 8. The highest BCUT2D eigenvalue weighted by Gasteiger charge is 2.12. The van der Waals surface area contributed by atoms with E-state index < -0.39 is 5.97 Å². The molecule has 0 aliphatic rings. The van der Waals surface area contributed by atoms with Gasteiger partial charge in [-0.1, -0.05) is 53.4 Å². The number of rotatable bonds is 8. The standard InChI is InChI=1S/C17H17N3O3S2/c1-22-15(21)14-8-7-13(23-14)11-24-17-20-19-16(25-17)18-10-9-12-5-3-2-4-6-12/h2-8H,9-11H2,1H3,(H,18,19). The van der Waals surface area contributed by atoms with Crippen molar-refractivity contribution < 1.29 is 13.9 Å². The lowest BCUT2D eigenvalue weighted by Crippen LogP contribution is -2.04. The molecule has 3 aromatic rings. The third kappa shape index (κ3) is 5.07. The lowest BCUT2D eigenvalue weighted by atomic mass is 10.2. The quantitative estimate of drug-likeness (QED) is 0.473. The van der Waals surface area contributed by atoms with E-state index in [4.69, 9.17) is 4.42 Å². The second-order valence-electron chi connectivity index (χ2n) is 5.08. The number of benzene rings is 1. The smallest absolute Gasteiger partial charge is 0.373 e. The summed E-state index contributed by atoms with van der Waals surface area (Å²) in [5.41, 5.74) is 1.29. The van der Waals surface area contributed by atoms with Crippen molar-refractivity contribution in [2.24, 2.45) is 0 Å². The maximum absolute atomic E-state index is 11.4. The molecule has 2 heterocycles. The third-order valence-corrected chi connectivity index (χ3v) is 5.36. The Labute approximate surface area is 153 Å². The minimum Gasteiger partial charge on any atom is -0.463 e. The van der Waals surface area contributed by atoms with Crippen molar-refractivity contribution in [1.82, 2.24) is 10.2 Å². The first-order chi connectivity index (χ1) is 12.2. The highest BCUT2D eigenvalue weighted by atomic mass is 32.2. The van der Waals surface area contributed by atoms with E-state index in [1.54, 1.807) is 12.1 Å². The van der Waals surface area contributed by atoms with Crippen LogP contribution in [-0.4, -0.2) is 29.8 Å². The monoisotopic (exact) mass is 375 g/mol. The number of esters is 1. The summed E-state index contributed by atoms with van der Waals surface area (Å²) in [6, 6.07) is 13.7. The minimum absolute atomic E-state index is 0.207. The Morgan fingerprint density at radius 1 is 1.24 bits per heavy atom. The number of hydrogen-bond donors (Lipinski definition) is 1. The fourth-order valence-electron chi connectivity index (χ4n) is 2.10. The predicted octanol–water partition coefficient (Wildman–Crippen LogP) is 3.86. The largest absolute Gasteiger partial charge is 0.463 e. The molecule has 0 aliphatic carbocycles. The van der Waals surface area contributed by atoms with Gasteiger partial charge in [0.15, 0.2) is 4.34 Å². The van der Waals surface area contributed by atoms with Crippen LogP contribution in [0.4, 0.5) is 5.13 Å². The summed E-state index contributed by atoms with van der Waals surface area (Å²) in [6.45, 7) is 0.810. The van der Waals surface area contributed by atoms with Gasteiger partial charge in [-0.05, 0) is 24.1 Å². The van der Waals surface area contributed by atoms with E-state index in [0.717, 1.165) is 22.4 Å². The number of nitrogens with one attached hydrogen (secondary N) is 1. The molecule has 0 bridgehead atoms. The fourth-order valence-corrected chi connectivity index (χ4v) is 3.77. The van der Waals surface area contributed by atoms with Crippen LogP contribution in [0.15, 0.2) is 51.2 Å². The molecule has 8 heteroatoms. The average Bonchev–Trinajstić information content (AvgIpc) is 3.29. The number of carbonyl (C=O) groups excluding carboxylic acids is 1. The molecule has 0 radical (unpaired) electrons. The van der Waals surface area contributed by atoms with Gasteiger partial charge in [0.2, 0.25) is 10.9 Å². The van der Waals surface area contributed by atoms with Crippen molar-refractivity contribution in [3.8, 4) is 0 Å². The number of methoxy groups -OCH3 is 1. The van der Waals surface area contributed by atoms with Crippen LogP contribution in [0.2, 0.25) is 0 Å². The number of aromatic nitrogens is 2. The molecule has 0 saturated heterocycles. The average molecular weight is 375 g/mol. The SMILES string of the molecule is COC(=O)c1ccc(CSc2nnc(NCCc3ccccc3)s2)o1. The summed E-state index contributed by atoms with van der Waals surface area (Å²) >= 11 is 3.02. The molecule has 0 saturated carbocycles. The normalized spacial score (nSPS) is 10.6. The molecular formula is C17H17N3O3S2. The van der Waals surface area contributed by atoms with Crippen LogP contribution >= 0.6 is 23.1 Å². The Bertz CT molecular complexity index is 817. The molecule has 0 unspecified atom stereocenters. The number of thioether (sulfide) groups is 1. The zero-order chi connectivity index (χ0) is 17.5. The zero-order valence-corrected chi connectivity index (χ0v) is 15.2. The molecule has 0 aliphatic heterocycles. The summed E-state index contributed by atoms with van der Waals surface area (Å²) in [4.78, 5) is 11.4. The predicted molar refractivity (Wildman–Crippen MR) is 98.2 cm³/mol. The Kier molecular flexibility index (Phi) is 6.08. The van der Waals surface area contributed by atoms with Crippen LogP contribution in [0, 0.1) is 0 Å². The molecule has 3 rings (SSSR count). The number of carbonyl (C=O) groups is 1. The number of anilines is 1.